The Morgan fingerprint density at radius 1 is 0.404 bits per heavy atom. The number of benzene rings is 8. The van der Waals surface area contributed by atoms with Crippen LogP contribution < -0.4 is 4.90 Å². The maximum Gasteiger partial charge on any atom is 0.0963 e. The van der Waals surface area contributed by atoms with E-state index in [1.807, 2.05) is 12.3 Å². The van der Waals surface area contributed by atoms with Crippen LogP contribution in [0.25, 0.3) is 49.9 Å². The molecule has 1 aliphatic rings. The Bertz CT molecular complexity index is 2950. The molecule has 0 spiro atoms. The molecular formula is C54H37N3. The number of hydrogen-bond donors (Lipinski definition) is 0. The first-order valence-electron chi connectivity index (χ1n) is 19.5. The molecule has 0 saturated heterocycles. The Morgan fingerprint density at radius 3 is 1.67 bits per heavy atom. The summed E-state index contributed by atoms with van der Waals surface area (Å²) in [5.74, 6) is 0. The molecule has 0 atom stereocenters. The second-order valence-electron chi connectivity index (χ2n) is 14.7. The topological polar surface area (TPSA) is 21.1 Å². The lowest BCUT2D eigenvalue weighted by molar-refractivity contribution is 0.768. The van der Waals surface area contributed by atoms with E-state index in [1.165, 1.54) is 44.5 Å². The Hall–Kier alpha value is -7.49. The minimum atomic E-state index is -0.430. The van der Waals surface area contributed by atoms with E-state index in [9.17, 15) is 0 Å². The van der Waals surface area contributed by atoms with Gasteiger partial charge in [0.25, 0.3) is 0 Å². The van der Waals surface area contributed by atoms with E-state index in [0.29, 0.717) is 0 Å². The number of fused-ring (bicyclic) bond motifs is 6. The fourth-order valence-corrected chi connectivity index (χ4v) is 9.27. The van der Waals surface area contributed by atoms with Crippen molar-refractivity contribution < 1.29 is 0 Å². The summed E-state index contributed by atoms with van der Waals surface area (Å²) in [5.41, 5.74) is 17.3. The van der Waals surface area contributed by atoms with Crippen molar-refractivity contribution in [3.8, 4) is 27.9 Å². The van der Waals surface area contributed by atoms with Crippen molar-refractivity contribution in [3.63, 3.8) is 0 Å². The fourth-order valence-electron chi connectivity index (χ4n) is 9.27. The summed E-state index contributed by atoms with van der Waals surface area (Å²) in [6, 6.07) is 79.2. The summed E-state index contributed by atoms with van der Waals surface area (Å²) in [7, 11) is 0. The predicted octanol–water partition coefficient (Wildman–Crippen LogP) is 13.7. The molecule has 2 heterocycles. The maximum atomic E-state index is 4.72. The molecule has 3 heteroatoms. The quantitative estimate of drug-likeness (QED) is 0.163. The molecule has 268 valence electrons. The molecule has 2 aromatic heterocycles. The number of para-hydroxylation sites is 2. The first-order chi connectivity index (χ1) is 28.3. The molecule has 0 saturated carbocycles. The lowest BCUT2D eigenvalue weighted by Crippen LogP contribution is -2.28. The van der Waals surface area contributed by atoms with Gasteiger partial charge in [0.15, 0.2) is 0 Å². The van der Waals surface area contributed by atoms with Gasteiger partial charge in [-0.1, -0.05) is 152 Å². The van der Waals surface area contributed by atoms with E-state index in [4.69, 9.17) is 4.98 Å². The standard InChI is InChI=1S/C54H37N3/c1-4-15-40(16-5-1)54(41-17-6-2-7-18-41)49-23-12-10-21-46(49)48-37-45(34-35-50(48)54)56(42-19-8-3-9-20-42)43-30-26-38(27-31-43)39-28-32-44(33-29-39)57-51-24-13-11-22-47(51)53-52(57)25-14-36-55-53/h1-37H. The van der Waals surface area contributed by atoms with Crippen molar-refractivity contribution >= 4 is 39.0 Å². The van der Waals surface area contributed by atoms with E-state index >= 15 is 0 Å². The highest BCUT2D eigenvalue weighted by atomic mass is 15.1. The van der Waals surface area contributed by atoms with Gasteiger partial charge < -0.3 is 9.47 Å². The van der Waals surface area contributed by atoms with Crippen molar-refractivity contribution in [1.29, 1.82) is 0 Å². The van der Waals surface area contributed by atoms with Crippen LogP contribution >= 0.6 is 0 Å². The molecule has 57 heavy (non-hydrogen) atoms. The zero-order chi connectivity index (χ0) is 37.8. The summed E-state index contributed by atoms with van der Waals surface area (Å²) < 4.78 is 2.31. The van der Waals surface area contributed by atoms with Crippen LogP contribution in [0.15, 0.2) is 225 Å². The van der Waals surface area contributed by atoms with Gasteiger partial charge in [-0.05, 0) is 111 Å². The van der Waals surface area contributed by atoms with Gasteiger partial charge in [-0.25, -0.2) is 0 Å². The van der Waals surface area contributed by atoms with Gasteiger partial charge in [0.1, 0.15) is 0 Å². The predicted molar refractivity (Wildman–Crippen MR) is 236 cm³/mol. The van der Waals surface area contributed by atoms with Gasteiger partial charge in [-0.2, -0.15) is 0 Å². The Labute approximate surface area is 332 Å². The second kappa shape index (κ2) is 13.4. The average Bonchev–Trinajstić information content (AvgIpc) is 3.79. The van der Waals surface area contributed by atoms with Crippen molar-refractivity contribution in [1.82, 2.24) is 9.55 Å². The monoisotopic (exact) mass is 727 g/mol. The van der Waals surface area contributed by atoms with E-state index in [1.54, 1.807) is 0 Å². The molecule has 0 unspecified atom stereocenters. The molecule has 1 aliphatic carbocycles. The average molecular weight is 728 g/mol. The van der Waals surface area contributed by atoms with Crippen LogP contribution in [-0.4, -0.2) is 9.55 Å². The third-order valence-corrected chi connectivity index (χ3v) is 11.7. The van der Waals surface area contributed by atoms with Gasteiger partial charge in [0.2, 0.25) is 0 Å². The van der Waals surface area contributed by atoms with Crippen molar-refractivity contribution in [3.05, 3.63) is 247 Å². The summed E-state index contributed by atoms with van der Waals surface area (Å²) in [6.07, 6.45) is 1.87. The summed E-state index contributed by atoms with van der Waals surface area (Å²) in [4.78, 5) is 7.09. The summed E-state index contributed by atoms with van der Waals surface area (Å²) in [5, 5.41) is 1.16. The van der Waals surface area contributed by atoms with Gasteiger partial charge >= 0.3 is 0 Å². The zero-order valence-corrected chi connectivity index (χ0v) is 31.2. The van der Waals surface area contributed by atoms with Crippen LogP contribution in [0.1, 0.15) is 22.3 Å². The SMILES string of the molecule is c1ccc(N(c2ccc(-c3ccc(-n4c5ccccc5c5ncccc54)cc3)cc2)c2ccc3c(c2)-c2ccccc2C3(c2ccccc2)c2ccccc2)cc1. The van der Waals surface area contributed by atoms with E-state index in [-0.39, 0.29) is 0 Å². The highest BCUT2D eigenvalue weighted by Gasteiger charge is 2.46. The van der Waals surface area contributed by atoms with Gasteiger partial charge in [-0.15, -0.1) is 0 Å². The molecule has 8 aromatic carbocycles. The number of anilines is 3. The number of pyridine rings is 1. The molecule has 3 nitrogen and oxygen atoms in total. The minimum Gasteiger partial charge on any atom is -0.310 e. The van der Waals surface area contributed by atoms with Crippen molar-refractivity contribution in [2.45, 2.75) is 5.41 Å². The molecule has 0 N–H and O–H groups in total. The van der Waals surface area contributed by atoms with Gasteiger partial charge in [-0.3, -0.25) is 4.98 Å². The first-order valence-corrected chi connectivity index (χ1v) is 19.5. The van der Waals surface area contributed by atoms with E-state index < -0.39 is 5.41 Å². The van der Waals surface area contributed by atoms with Gasteiger partial charge in [0, 0.05) is 34.3 Å². The maximum absolute atomic E-state index is 4.72. The molecule has 0 fully saturated rings. The smallest absolute Gasteiger partial charge is 0.0963 e. The van der Waals surface area contributed by atoms with Crippen LogP contribution in [0.4, 0.5) is 17.1 Å². The van der Waals surface area contributed by atoms with Gasteiger partial charge in [0.05, 0.1) is 22.0 Å². The Kier molecular flexibility index (Phi) is 7.71. The van der Waals surface area contributed by atoms with E-state index in [2.05, 4.69) is 222 Å². The van der Waals surface area contributed by atoms with Crippen LogP contribution in [0, 0.1) is 0 Å². The fraction of sp³-hybridized carbons (Fsp3) is 0.0185. The zero-order valence-electron chi connectivity index (χ0n) is 31.2. The van der Waals surface area contributed by atoms with Crippen LogP contribution in [-0.2, 0) is 5.41 Å². The summed E-state index contributed by atoms with van der Waals surface area (Å²) >= 11 is 0. The molecule has 0 bridgehead atoms. The highest BCUT2D eigenvalue weighted by molar-refractivity contribution is 6.07. The second-order valence-corrected chi connectivity index (χ2v) is 14.7. The normalized spacial score (nSPS) is 12.7. The molecule has 10 aromatic rings. The number of hydrogen-bond acceptors (Lipinski definition) is 2. The molecular weight excluding hydrogens is 691 g/mol. The van der Waals surface area contributed by atoms with Crippen molar-refractivity contribution in [2.75, 3.05) is 4.90 Å². The molecule has 0 aliphatic heterocycles. The van der Waals surface area contributed by atoms with Crippen molar-refractivity contribution in [2.24, 2.45) is 0 Å². The van der Waals surface area contributed by atoms with Crippen LogP contribution in [0.5, 0.6) is 0 Å². The number of aromatic nitrogens is 2. The number of rotatable bonds is 7. The Morgan fingerprint density at radius 2 is 0.947 bits per heavy atom. The third-order valence-electron chi connectivity index (χ3n) is 11.7. The summed E-state index contributed by atoms with van der Waals surface area (Å²) in [6.45, 7) is 0. The number of nitrogens with zero attached hydrogens (tertiary/aromatic N) is 3. The molecule has 0 radical (unpaired) electrons. The Balaban J connectivity index is 0.997. The largest absolute Gasteiger partial charge is 0.310 e. The van der Waals surface area contributed by atoms with Crippen LogP contribution in [0.3, 0.4) is 0 Å². The lowest BCUT2D eigenvalue weighted by Gasteiger charge is -2.34. The highest BCUT2D eigenvalue weighted by Crippen LogP contribution is 2.57. The lowest BCUT2D eigenvalue weighted by atomic mass is 9.68. The van der Waals surface area contributed by atoms with Crippen LogP contribution in [0.2, 0.25) is 0 Å². The third kappa shape index (κ3) is 5.17. The molecule has 11 rings (SSSR count). The minimum absolute atomic E-state index is 0.430. The first kappa shape index (κ1) is 32.9. The van der Waals surface area contributed by atoms with E-state index in [0.717, 1.165) is 44.7 Å². The molecule has 0 amide bonds.